The predicted octanol–water partition coefficient (Wildman–Crippen LogP) is 2.46. The van der Waals surface area contributed by atoms with Crippen molar-refractivity contribution in [1.29, 1.82) is 0 Å². The molecule has 2 N–H and O–H groups in total. The van der Waals surface area contributed by atoms with Crippen LogP contribution < -0.4 is 5.32 Å². The summed E-state index contributed by atoms with van der Waals surface area (Å²) in [6, 6.07) is 6.90. The molecule has 1 aliphatic rings. The lowest BCUT2D eigenvalue weighted by molar-refractivity contribution is -0.150. The minimum Gasteiger partial charge on any atom is -0.479 e. The Hall–Kier alpha value is -2.18. The standard InChI is InChI=1S/C15H13ClN2O4/c16-9-3-4-10(8-2-1-7-17-13(8)9)18-14(19)11-5-6-12(22-11)15(20)21/h1-4,7,11-12H,5-6H2,(H,18,19)(H,20,21)/t11-,12+/m1/s1. The Labute approximate surface area is 131 Å². The fourth-order valence-electron chi connectivity index (χ4n) is 2.47. The Morgan fingerprint density at radius 3 is 2.77 bits per heavy atom. The average molecular weight is 321 g/mol. The summed E-state index contributed by atoms with van der Waals surface area (Å²) >= 11 is 6.08. The molecule has 7 heteroatoms. The van der Waals surface area contributed by atoms with E-state index in [0.717, 1.165) is 5.39 Å². The van der Waals surface area contributed by atoms with Crippen LogP contribution in [0.5, 0.6) is 0 Å². The molecule has 0 unspecified atom stereocenters. The van der Waals surface area contributed by atoms with Crippen molar-refractivity contribution in [2.24, 2.45) is 0 Å². The van der Waals surface area contributed by atoms with E-state index >= 15 is 0 Å². The molecule has 1 aromatic carbocycles. The van der Waals surface area contributed by atoms with E-state index in [4.69, 9.17) is 21.4 Å². The van der Waals surface area contributed by atoms with Gasteiger partial charge in [0.1, 0.15) is 6.10 Å². The Balaban J connectivity index is 1.81. The smallest absolute Gasteiger partial charge is 0.332 e. The lowest BCUT2D eigenvalue weighted by atomic mass is 10.1. The number of carbonyl (C=O) groups is 2. The van der Waals surface area contributed by atoms with E-state index in [2.05, 4.69) is 10.3 Å². The van der Waals surface area contributed by atoms with Crippen LogP contribution in [0.1, 0.15) is 12.8 Å². The van der Waals surface area contributed by atoms with E-state index in [1.165, 1.54) is 0 Å². The van der Waals surface area contributed by atoms with Gasteiger partial charge < -0.3 is 15.2 Å². The third kappa shape index (κ3) is 2.75. The summed E-state index contributed by atoms with van der Waals surface area (Å²) in [4.78, 5) is 27.3. The lowest BCUT2D eigenvalue weighted by Crippen LogP contribution is -2.30. The molecule has 0 spiro atoms. The molecule has 1 fully saturated rings. The average Bonchev–Trinajstić information content (AvgIpc) is 3.01. The van der Waals surface area contributed by atoms with Gasteiger partial charge in [0.2, 0.25) is 0 Å². The fourth-order valence-corrected chi connectivity index (χ4v) is 2.69. The number of aliphatic carboxylic acids is 1. The Morgan fingerprint density at radius 1 is 1.27 bits per heavy atom. The van der Waals surface area contributed by atoms with Crippen LogP contribution in [0.3, 0.4) is 0 Å². The zero-order chi connectivity index (χ0) is 15.7. The summed E-state index contributed by atoms with van der Waals surface area (Å²) < 4.78 is 5.24. The summed E-state index contributed by atoms with van der Waals surface area (Å²) in [5, 5.41) is 12.9. The van der Waals surface area contributed by atoms with Crippen LogP contribution in [0.15, 0.2) is 30.5 Å². The number of benzene rings is 1. The van der Waals surface area contributed by atoms with Crippen molar-refractivity contribution in [3.05, 3.63) is 35.5 Å². The monoisotopic (exact) mass is 320 g/mol. The second-order valence-corrected chi connectivity index (χ2v) is 5.42. The molecule has 22 heavy (non-hydrogen) atoms. The second-order valence-electron chi connectivity index (χ2n) is 5.01. The van der Waals surface area contributed by atoms with Gasteiger partial charge in [-0.2, -0.15) is 0 Å². The molecule has 1 amide bonds. The summed E-state index contributed by atoms with van der Waals surface area (Å²) in [6.07, 6.45) is 0.656. The van der Waals surface area contributed by atoms with Gasteiger partial charge in [0.25, 0.3) is 5.91 Å². The van der Waals surface area contributed by atoms with Gasteiger partial charge in [-0.25, -0.2) is 4.79 Å². The molecule has 1 aromatic heterocycles. The highest BCUT2D eigenvalue weighted by Crippen LogP contribution is 2.29. The van der Waals surface area contributed by atoms with E-state index in [-0.39, 0.29) is 5.91 Å². The van der Waals surface area contributed by atoms with E-state index in [1.54, 1.807) is 30.5 Å². The van der Waals surface area contributed by atoms with E-state index in [1.807, 2.05) is 0 Å². The molecule has 1 aliphatic heterocycles. The van der Waals surface area contributed by atoms with Crippen molar-refractivity contribution in [2.45, 2.75) is 25.0 Å². The molecular formula is C15H13ClN2O4. The molecule has 0 radical (unpaired) electrons. The third-order valence-corrected chi connectivity index (χ3v) is 3.87. The van der Waals surface area contributed by atoms with Gasteiger partial charge in [-0.15, -0.1) is 0 Å². The number of carbonyl (C=O) groups excluding carboxylic acids is 1. The topological polar surface area (TPSA) is 88.5 Å². The normalized spacial score (nSPS) is 21.0. The molecule has 1 saturated heterocycles. The van der Waals surface area contributed by atoms with Crippen molar-refractivity contribution in [3.8, 4) is 0 Å². The Kier molecular flexibility index (Phi) is 3.96. The van der Waals surface area contributed by atoms with Crippen LogP contribution in [0.25, 0.3) is 10.9 Å². The minimum atomic E-state index is -1.04. The maximum atomic E-state index is 12.2. The molecule has 114 valence electrons. The number of pyridine rings is 1. The molecule has 0 saturated carbocycles. The highest BCUT2D eigenvalue weighted by molar-refractivity contribution is 6.35. The van der Waals surface area contributed by atoms with Gasteiger partial charge in [0, 0.05) is 11.6 Å². The number of ether oxygens (including phenoxy) is 1. The number of aromatic nitrogens is 1. The SMILES string of the molecule is O=C(O)[C@@H]1CC[C@H](C(=O)Nc2ccc(Cl)c3ncccc23)O1. The molecule has 0 bridgehead atoms. The van der Waals surface area contributed by atoms with Crippen LogP contribution in [0, 0.1) is 0 Å². The number of rotatable bonds is 3. The first-order chi connectivity index (χ1) is 10.6. The minimum absolute atomic E-state index is 0.330. The summed E-state index contributed by atoms with van der Waals surface area (Å²) in [5.41, 5.74) is 1.16. The van der Waals surface area contributed by atoms with Crippen LogP contribution in [0.4, 0.5) is 5.69 Å². The number of carboxylic acid groups (broad SMARTS) is 1. The van der Waals surface area contributed by atoms with Crippen LogP contribution in [0.2, 0.25) is 5.02 Å². The van der Waals surface area contributed by atoms with Gasteiger partial charge in [-0.1, -0.05) is 11.6 Å². The largest absolute Gasteiger partial charge is 0.479 e. The van der Waals surface area contributed by atoms with Gasteiger partial charge in [0.15, 0.2) is 6.10 Å². The van der Waals surface area contributed by atoms with Crippen LogP contribution in [-0.2, 0) is 14.3 Å². The lowest BCUT2D eigenvalue weighted by Gasteiger charge is -2.13. The number of nitrogens with zero attached hydrogens (tertiary/aromatic N) is 1. The third-order valence-electron chi connectivity index (χ3n) is 3.57. The second kappa shape index (κ2) is 5.90. The fraction of sp³-hybridized carbons (Fsp3) is 0.267. The number of amides is 1. The molecular weight excluding hydrogens is 308 g/mol. The molecule has 2 aromatic rings. The first-order valence-electron chi connectivity index (χ1n) is 6.78. The Morgan fingerprint density at radius 2 is 2.05 bits per heavy atom. The van der Waals surface area contributed by atoms with Crippen molar-refractivity contribution < 1.29 is 19.4 Å². The zero-order valence-electron chi connectivity index (χ0n) is 11.5. The van der Waals surface area contributed by atoms with E-state index < -0.39 is 18.2 Å². The van der Waals surface area contributed by atoms with Crippen LogP contribution >= 0.6 is 11.6 Å². The van der Waals surface area contributed by atoms with E-state index in [9.17, 15) is 9.59 Å². The van der Waals surface area contributed by atoms with Crippen molar-refractivity contribution in [3.63, 3.8) is 0 Å². The number of halogens is 1. The van der Waals surface area contributed by atoms with Crippen LogP contribution in [-0.4, -0.2) is 34.2 Å². The zero-order valence-corrected chi connectivity index (χ0v) is 12.2. The first kappa shape index (κ1) is 14.7. The molecule has 3 rings (SSSR count). The quantitative estimate of drug-likeness (QED) is 0.907. The van der Waals surface area contributed by atoms with Crippen molar-refractivity contribution in [1.82, 2.24) is 4.98 Å². The number of nitrogens with one attached hydrogen (secondary N) is 1. The maximum Gasteiger partial charge on any atom is 0.332 e. The number of anilines is 1. The summed E-state index contributed by atoms with van der Waals surface area (Å²) in [5.74, 6) is -1.41. The summed E-state index contributed by atoms with van der Waals surface area (Å²) in [6.45, 7) is 0. The van der Waals surface area contributed by atoms with Crippen molar-refractivity contribution in [2.75, 3.05) is 5.32 Å². The van der Waals surface area contributed by atoms with Gasteiger partial charge in [0.05, 0.1) is 16.2 Å². The molecule has 2 heterocycles. The number of fused-ring (bicyclic) bond motifs is 1. The molecule has 6 nitrogen and oxygen atoms in total. The van der Waals surface area contributed by atoms with Gasteiger partial charge >= 0.3 is 5.97 Å². The number of carboxylic acids is 1. The highest BCUT2D eigenvalue weighted by atomic mass is 35.5. The molecule has 0 aliphatic carbocycles. The number of hydrogen-bond donors (Lipinski definition) is 2. The van der Waals surface area contributed by atoms with E-state index in [0.29, 0.717) is 29.1 Å². The Bertz CT molecular complexity index is 749. The van der Waals surface area contributed by atoms with Gasteiger partial charge in [-0.3, -0.25) is 9.78 Å². The first-order valence-corrected chi connectivity index (χ1v) is 7.16. The predicted molar refractivity (Wildman–Crippen MR) is 80.9 cm³/mol. The maximum absolute atomic E-state index is 12.2. The molecule has 2 atom stereocenters. The van der Waals surface area contributed by atoms with Gasteiger partial charge in [-0.05, 0) is 37.1 Å². The number of hydrogen-bond acceptors (Lipinski definition) is 4. The summed E-state index contributed by atoms with van der Waals surface area (Å²) in [7, 11) is 0. The van der Waals surface area contributed by atoms with Crippen molar-refractivity contribution >= 4 is 40.1 Å². The highest BCUT2D eigenvalue weighted by Gasteiger charge is 2.34.